The lowest BCUT2D eigenvalue weighted by atomic mass is 10.0. The summed E-state index contributed by atoms with van der Waals surface area (Å²) in [5.41, 5.74) is 5.24. The van der Waals surface area contributed by atoms with E-state index >= 15 is 0 Å². The zero-order valence-electron chi connectivity index (χ0n) is 21.6. The van der Waals surface area contributed by atoms with Crippen molar-refractivity contribution in [2.45, 2.75) is 25.8 Å². The molecule has 0 spiro atoms. The number of ether oxygens (including phenoxy) is 1. The van der Waals surface area contributed by atoms with Crippen LogP contribution in [0.4, 0.5) is 17.3 Å². The molecule has 1 saturated carbocycles. The Kier molecular flexibility index (Phi) is 6.94. The summed E-state index contributed by atoms with van der Waals surface area (Å²) < 4.78 is 7.33. The van der Waals surface area contributed by atoms with Gasteiger partial charge in [0.15, 0.2) is 5.65 Å². The number of hydrogen-bond acceptors (Lipinski definition) is 7. The van der Waals surface area contributed by atoms with Crippen LogP contribution < -0.4 is 16.0 Å². The van der Waals surface area contributed by atoms with Crippen molar-refractivity contribution in [3.05, 3.63) is 71.9 Å². The van der Waals surface area contributed by atoms with Crippen LogP contribution in [-0.4, -0.2) is 70.8 Å². The summed E-state index contributed by atoms with van der Waals surface area (Å²) in [6.45, 7) is 7.16. The monoisotopic (exact) mass is 511 g/mol. The number of nitrogens with one attached hydrogen (secondary N) is 3. The van der Waals surface area contributed by atoms with Gasteiger partial charge in [-0.15, -0.1) is 0 Å². The van der Waals surface area contributed by atoms with Gasteiger partial charge in [0.25, 0.3) is 5.91 Å². The molecule has 0 radical (unpaired) electrons. The van der Waals surface area contributed by atoms with Gasteiger partial charge in [-0.2, -0.15) is 9.61 Å². The highest BCUT2D eigenvalue weighted by Crippen LogP contribution is 2.30. The van der Waals surface area contributed by atoms with Crippen LogP contribution in [0.3, 0.4) is 0 Å². The van der Waals surface area contributed by atoms with E-state index in [1.165, 1.54) is 0 Å². The predicted molar refractivity (Wildman–Crippen MR) is 149 cm³/mol. The Morgan fingerprint density at radius 3 is 2.66 bits per heavy atom. The zero-order valence-corrected chi connectivity index (χ0v) is 21.6. The van der Waals surface area contributed by atoms with Crippen molar-refractivity contribution in [3.63, 3.8) is 0 Å². The van der Waals surface area contributed by atoms with Crippen molar-refractivity contribution < 1.29 is 9.53 Å². The second-order valence-electron chi connectivity index (χ2n) is 9.97. The summed E-state index contributed by atoms with van der Waals surface area (Å²) in [4.78, 5) is 20.0. The highest BCUT2D eigenvalue weighted by Gasteiger charge is 2.24. The molecule has 2 fully saturated rings. The fourth-order valence-electron chi connectivity index (χ4n) is 4.77. The van der Waals surface area contributed by atoms with Crippen molar-refractivity contribution in [1.29, 1.82) is 0 Å². The SMILES string of the molecule is Cc1cc(-c2cnn3c(NCCN4CCOCC4)cc(Nc4ccccc4)nc23)ccc1C(=O)NC1CC1. The van der Waals surface area contributed by atoms with Gasteiger partial charge in [0.2, 0.25) is 0 Å². The number of nitrogens with zero attached hydrogens (tertiary/aromatic N) is 4. The molecule has 9 nitrogen and oxygen atoms in total. The van der Waals surface area contributed by atoms with Crippen LogP contribution in [-0.2, 0) is 4.74 Å². The van der Waals surface area contributed by atoms with E-state index in [0.717, 1.165) is 91.9 Å². The van der Waals surface area contributed by atoms with Crippen molar-refractivity contribution in [2.75, 3.05) is 50.0 Å². The number of para-hydroxylation sites is 1. The molecule has 9 heteroatoms. The Labute approximate surface area is 222 Å². The Morgan fingerprint density at radius 1 is 1.08 bits per heavy atom. The Balaban J connectivity index is 1.30. The lowest BCUT2D eigenvalue weighted by Gasteiger charge is -2.26. The van der Waals surface area contributed by atoms with Gasteiger partial charge in [0.1, 0.15) is 11.6 Å². The molecule has 3 heterocycles. The van der Waals surface area contributed by atoms with Gasteiger partial charge in [-0.1, -0.05) is 30.3 Å². The smallest absolute Gasteiger partial charge is 0.251 e. The maximum atomic E-state index is 12.6. The summed E-state index contributed by atoms with van der Waals surface area (Å²) in [6, 6.07) is 18.3. The second-order valence-corrected chi connectivity index (χ2v) is 9.97. The van der Waals surface area contributed by atoms with E-state index in [4.69, 9.17) is 14.8 Å². The maximum Gasteiger partial charge on any atom is 0.251 e. The largest absolute Gasteiger partial charge is 0.379 e. The number of anilines is 3. The molecule has 2 aromatic carbocycles. The van der Waals surface area contributed by atoms with Crippen molar-refractivity contribution >= 4 is 28.9 Å². The topological polar surface area (TPSA) is 95.8 Å². The molecule has 2 aromatic heterocycles. The lowest BCUT2D eigenvalue weighted by Crippen LogP contribution is -2.39. The van der Waals surface area contributed by atoms with Crippen LogP contribution in [0.1, 0.15) is 28.8 Å². The van der Waals surface area contributed by atoms with Crippen LogP contribution in [0.5, 0.6) is 0 Å². The standard InChI is InChI=1S/C29H33N7O2/c1-20-17-21(7-10-24(20)29(37)33-23-8-9-23)25-19-31-36-27(30-11-12-35-13-15-38-16-14-35)18-26(34-28(25)36)32-22-5-3-2-4-6-22/h2-7,10,17-19,23,30H,8-9,11-16H2,1H3,(H,32,34)(H,33,37). The van der Waals surface area contributed by atoms with E-state index in [1.807, 2.05) is 72.2 Å². The molecule has 1 saturated heterocycles. The molecule has 6 rings (SSSR count). The third-order valence-corrected chi connectivity index (χ3v) is 7.05. The molecule has 0 atom stereocenters. The molecular weight excluding hydrogens is 478 g/mol. The van der Waals surface area contributed by atoms with Gasteiger partial charge in [-0.25, -0.2) is 4.98 Å². The predicted octanol–water partition coefficient (Wildman–Crippen LogP) is 4.08. The van der Waals surface area contributed by atoms with Gasteiger partial charge >= 0.3 is 0 Å². The third kappa shape index (κ3) is 5.49. The number of rotatable bonds is 9. The Bertz CT molecular complexity index is 1430. The van der Waals surface area contributed by atoms with E-state index in [1.54, 1.807) is 0 Å². The van der Waals surface area contributed by atoms with E-state index in [0.29, 0.717) is 11.6 Å². The molecule has 0 bridgehead atoms. The zero-order chi connectivity index (χ0) is 25.9. The van der Waals surface area contributed by atoms with E-state index in [2.05, 4.69) is 20.9 Å². The van der Waals surface area contributed by atoms with Crippen LogP contribution in [0.15, 0.2) is 60.8 Å². The first-order chi connectivity index (χ1) is 18.6. The van der Waals surface area contributed by atoms with Crippen LogP contribution in [0, 0.1) is 6.92 Å². The summed E-state index contributed by atoms with van der Waals surface area (Å²) in [6.07, 6.45) is 3.98. The minimum absolute atomic E-state index is 0.00404. The van der Waals surface area contributed by atoms with E-state index in [9.17, 15) is 4.79 Å². The summed E-state index contributed by atoms with van der Waals surface area (Å²) in [5.74, 6) is 1.59. The average molecular weight is 512 g/mol. The van der Waals surface area contributed by atoms with Crippen LogP contribution in [0.25, 0.3) is 16.8 Å². The number of aryl methyl sites for hydroxylation is 1. The quantitative estimate of drug-likeness (QED) is 0.312. The molecule has 3 N–H and O–H groups in total. The summed E-state index contributed by atoms with van der Waals surface area (Å²) in [7, 11) is 0. The highest BCUT2D eigenvalue weighted by atomic mass is 16.5. The maximum absolute atomic E-state index is 12.6. The highest BCUT2D eigenvalue weighted by molar-refractivity contribution is 5.97. The van der Waals surface area contributed by atoms with E-state index < -0.39 is 0 Å². The lowest BCUT2D eigenvalue weighted by molar-refractivity contribution is 0.0398. The number of aromatic nitrogens is 3. The molecule has 196 valence electrons. The first-order valence-corrected chi connectivity index (χ1v) is 13.3. The van der Waals surface area contributed by atoms with Gasteiger partial charge in [0, 0.05) is 55.1 Å². The Morgan fingerprint density at radius 2 is 1.89 bits per heavy atom. The molecule has 0 unspecified atom stereocenters. The number of hydrogen-bond donors (Lipinski definition) is 3. The minimum Gasteiger partial charge on any atom is -0.379 e. The van der Waals surface area contributed by atoms with Gasteiger partial charge in [0.05, 0.1) is 19.4 Å². The molecule has 1 aliphatic heterocycles. The number of amides is 1. The number of carbonyl (C=O) groups excluding carboxylic acids is 1. The van der Waals surface area contributed by atoms with E-state index in [-0.39, 0.29) is 5.91 Å². The average Bonchev–Trinajstić information content (AvgIpc) is 3.64. The fraction of sp³-hybridized carbons (Fsp3) is 0.345. The van der Waals surface area contributed by atoms with Crippen molar-refractivity contribution in [3.8, 4) is 11.1 Å². The number of morpholine rings is 1. The normalized spacial score (nSPS) is 15.9. The van der Waals surface area contributed by atoms with Crippen LogP contribution >= 0.6 is 0 Å². The summed E-state index contributed by atoms with van der Waals surface area (Å²) >= 11 is 0. The fourth-order valence-corrected chi connectivity index (χ4v) is 4.77. The first kappa shape index (κ1) is 24.4. The Hall–Kier alpha value is -3.95. The van der Waals surface area contributed by atoms with Gasteiger partial charge < -0.3 is 20.7 Å². The van der Waals surface area contributed by atoms with Crippen molar-refractivity contribution in [1.82, 2.24) is 24.8 Å². The molecule has 1 aliphatic carbocycles. The van der Waals surface area contributed by atoms with Gasteiger partial charge in [-0.05, 0) is 49.1 Å². The van der Waals surface area contributed by atoms with Crippen LogP contribution in [0.2, 0.25) is 0 Å². The number of benzene rings is 2. The number of fused-ring (bicyclic) bond motifs is 1. The molecule has 1 amide bonds. The second kappa shape index (κ2) is 10.8. The number of carbonyl (C=O) groups is 1. The van der Waals surface area contributed by atoms with Crippen molar-refractivity contribution in [2.24, 2.45) is 0 Å². The third-order valence-electron chi connectivity index (χ3n) is 7.05. The molecule has 38 heavy (non-hydrogen) atoms. The minimum atomic E-state index is -0.00404. The van der Waals surface area contributed by atoms with Gasteiger partial charge in [-0.3, -0.25) is 9.69 Å². The molecule has 4 aromatic rings. The summed E-state index contributed by atoms with van der Waals surface area (Å²) in [5, 5.41) is 14.8. The first-order valence-electron chi connectivity index (χ1n) is 13.3. The molecule has 2 aliphatic rings. The molecular formula is C29H33N7O2.